The van der Waals surface area contributed by atoms with E-state index in [-0.39, 0.29) is 0 Å². The summed E-state index contributed by atoms with van der Waals surface area (Å²) in [6.07, 6.45) is 0.870. The van der Waals surface area contributed by atoms with Crippen molar-refractivity contribution in [3.63, 3.8) is 0 Å². The number of hydrogen-bond donors (Lipinski definition) is 1. The Bertz CT molecular complexity index is 332. The van der Waals surface area contributed by atoms with E-state index in [4.69, 9.17) is 4.74 Å². The lowest BCUT2D eigenvalue weighted by atomic mass is 10.1. The van der Waals surface area contributed by atoms with E-state index in [2.05, 4.69) is 11.0 Å². The first-order valence-electron chi connectivity index (χ1n) is 5.46. The van der Waals surface area contributed by atoms with Gasteiger partial charge in [-0.2, -0.15) is 0 Å². The third-order valence-electron chi connectivity index (χ3n) is 2.83. The molecule has 0 amide bonds. The lowest BCUT2D eigenvalue weighted by molar-refractivity contribution is 0.122. The van der Waals surface area contributed by atoms with E-state index in [1.165, 1.54) is 0 Å². The Labute approximate surface area is 90.3 Å². The second kappa shape index (κ2) is 4.53. The number of benzene rings is 1. The van der Waals surface area contributed by atoms with E-state index in [1.54, 1.807) is 0 Å². The van der Waals surface area contributed by atoms with Gasteiger partial charge in [0.15, 0.2) is 0 Å². The van der Waals surface area contributed by atoms with Gasteiger partial charge in [-0.15, -0.1) is 0 Å². The van der Waals surface area contributed by atoms with Crippen molar-refractivity contribution in [2.45, 2.75) is 13.3 Å². The summed E-state index contributed by atoms with van der Waals surface area (Å²) in [6, 6.07) is 5.92. The van der Waals surface area contributed by atoms with E-state index in [1.807, 2.05) is 19.1 Å². The van der Waals surface area contributed by atoms with Gasteiger partial charge in [-0.1, -0.05) is 13.0 Å². The Hall–Kier alpha value is -1.22. The Kier molecular flexibility index (Phi) is 3.11. The van der Waals surface area contributed by atoms with Gasteiger partial charge >= 0.3 is 0 Å². The van der Waals surface area contributed by atoms with Crippen molar-refractivity contribution in [1.82, 2.24) is 0 Å². The summed E-state index contributed by atoms with van der Waals surface area (Å²) in [5.41, 5.74) is 2.10. The summed E-state index contributed by atoms with van der Waals surface area (Å²) in [6.45, 7) is 5.41. The molecular formula is C12H17NO2. The standard InChI is InChI=1S/C12H17NO2/c1-2-10-3-4-11(9-12(10)14)13-5-7-15-8-6-13/h3-4,9,14H,2,5-8H2,1H3. The smallest absolute Gasteiger partial charge is 0.120 e. The summed E-state index contributed by atoms with van der Waals surface area (Å²) in [4.78, 5) is 2.24. The van der Waals surface area contributed by atoms with Gasteiger partial charge in [-0.05, 0) is 18.1 Å². The van der Waals surface area contributed by atoms with Gasteiger partial charge in [-0.25, -0.2) is 0 Å². The van der Waals surface area contributed by atoms with Crippen LogP contribution in [0.2, 0.25) is 0 Å². The molecule has 1 N–H and O–H groups in total. The van der Waals surface area contributed by atoms with Crippen LogP contribution in [-0.4, -0.2) is 31.4 Å². The van der Waals surface area contributed by atoms with E-state index in [9.17, 15) is 5.11 Å². The zero-order valence-corrected chi connectivity index (χ0v) is 9.07. The minimum absolute atomic E-state index is 0.404. The lowest BCUT2D eigenvalue weighted by Crippen LogP contribution is -2.36. The number of phenolic OH excluding ortho intramolecular Hbond substituents is 1. The SMILES string of the molecule is CCc1ccc(N2CCOCC2)cc1O. The number of hydrogen-bond acceptors (Lipinski definition) is 3. The van der Waals surface area contributed by atoms with Crippen LogP contribution in [0.1, 0.15) is 12.5 Å². The van der Waals surface area contributed by atoms with Crippen molar-refractivity contribution in [3.05, 3.63) is 23.8 Å². The van der Waals surface area contributed by atoms with Crippen molar-refractivity contribution >= 4 is 5.69 Å². The maximum Gasteiger partial charge on any atom is 0.120 e. The third kappa shape index (κ3) is 2.23. The number of aryl methyl sites for hydroxylation is 1. The molecular weight excluding hydrogens is 190 g/mol. The molecule has 1 aliphatic rings. The molecule has 0 radical (unpaired) electrons. The van der Waals surface area contributed by atoms with Gasteiger partial charge in [0.2, 0.25) is 0 Å². The highest BCUT2D eigenvalue weighted by Crippen LogP contribution is 2.25. The fourth-order valence-electron chi connectivity index (χ4n) is 1.87. The lowest BCUT2D eigenvalue weighted by Gasteiger charge is -2.29. The number of nitrogens with zero attached hydrogens (tertiary/aromatic N) is 1. The molecule has 1 saturated heterocycles. The van der Waals surface area contributed by atoms with E-state index in [0.29, 0.717) is 5.75 Å². The van der Waals surface area contributed by atoms with Gasteiger partial charge in [0.1, 0.15) is 5.75 Å². The van der Waals surface area contributed by atoms with E-state index < -0.39 is 0 Å². The van der Waals surface area contributed by atoms with Crippen LogP contribution in [0.3, 0.4) is 0 Å². The van der Waals surface area contributed by atoms with Crippen LogP contribution < -0.4 is 4.90 Å². The van der Waals surface area contributed by atoms with Gasteiger partial charge < -0.3 is 14.7 Å². The summed E-state index contributed by atoms with van der Waals surface area (Å²) >= 11 is 0. The maximum atomic E-state index is 9.76. The molecule has 0 unspecified atom stereocenters. The highest BCUT2D eigenvalue weighted by atomic mass is 16.5. The van der Waals surface area contributed by atoms with Gasteiger partial charge in [-0.3, -0.25) is 0 Å². The second-order valence-electron chi connectivity index (χ2n) is 3.77. The number of aromatic hydroxyl groups is 1. The normalized spacial score (nSPS) is 16.7. The Morgan fingerprint density at radius 3 is 2.67 bits per heavy atom. The molecule has 0 bridgehead atoms. The van der Waals surface area contributed by atoms with Crippen LogP contribution in [-0.2, 0) is 11.2 Å². The molecule has 3 nitrogen and oxygen atoms in total. The number of anilines is 1. The van der Waals surface area contributed by atoms with Crippen LogP contribution in [0.5, 0.6) is 5.75 Å². The zero-order valence-electron chi connectivity index (χ0n) is 9.07. The molecule has 0 atom stereocenters. The van der Waals surface area contributed by atoms with Crippen molar-refractivity contribution in [3.8, 4) is 5.75 Å². The summed E-state index contributed by atoms with van der Waals surface area (Å²) in [5, 5.41) is 9.76. The number of ether oxygens (including phenoxy) is 1. The molecule has 1 aliphatic heterocycles. The molecule has 15 heavy (non-hydrogen) atoms. The van der Waals surface area contributed by atoms with Gasteiger partial charge in [0.05, 0.1) is 13.2 Å². The predicted octanol–water partition coefficient (Wildman–Crippen LogP) is 1.79. The van der Waals surface area contributed by atoms with E-state index in [0.717, 1.165) is 44.0 Å². The molecule has 3 heteroatoms. The zero-order chi connectivity index (χ0) is 10.7. The number of rotatable bonds is 2. The predicted molar refractivity (Wildman–Crippen MR) is 60.5 cm³/mol. The van der Waals surface area contributed by atoms with E-state index >= 15 is 0 Å². The highest BCUT2D eigenvalue weighted by Gasteiger charge is 2.12. The minimum Gasteiger partial charge on any atom is -0.508 e. The topological polar surface area (TPSA) is 32.7 Å². The summed E-state index contributed by atoms with van der Waals surface area (Å²) in [5.74, 6) is 0.404. The van der Waals surface area contributed by atoms with Crippen molar-refractivity contribution in [2.24, 2.45) is 0 Å². The average molecular weight is 207 g/mol. The quantitative estimate of drug-likeness (QED) is 0.802. The fraction of sp³-hybridized carbons (Fsp3) is 0.500. The summed E-state index contributed by atoms with van der Waals surface area (Å²) in [7, 11) is 0. The number of morpholine rings is 1. The van der Waals surface area contributed by atoms with Crippen molar-refractivity contribution in [2.75, 3.05) is 31.2 Å². The number of phenols is 1. The Balaban J connectivity index is 2.17. The average Bonchev–Trinajstić information content (AvgIpc) is 2.30. The first kappa shape index (κ1) is 10.3. The molecule has 2 rings (SSSR count). The Morgan fingerprint density at radius 2 is 2.07 bits per heavy atom. The van der Waals surface area contributed by atoms with Crippen molar-refractivity contribution < 1.29 is 9.84 Å². The van der Waals surface area contributed by atoms with Crippen LogP contribution in [0.25, 0.3) is 0 Å². The monoisotopic (exact) mass is 207 g/mol. The Morgan fingerprint density at radius 1 is 1.33 bits per heavy atom. The molecule has 0 spiro atoms. The molecule has 1 fully saturated rings. The molecule has 0 aromatic heterocycles. The molecule has 1 aromatic carbocycles. The molecule has 1 aromatic rings. The first-order chi connectivity index (χ1) is 7.31. The largest absolute Gasteiger partial charge is 0.508 e. The van der Waals surface area contributed by atoms with Crippen LogP contribution in [0.4, 0.5) is 5.69 Å². The molecule has 1 heterocycles. The fourth-order valence-corrected chi connectivity index (χ4v) is 1.87. The first-order valence-corrected chi connectivity index (χ1v) is 5.46. The molecule has 82 valence electrons. The molecule has 0 saturated carbocycles. The second-order valence-corrected chi connectivity index (χ2v) is 3.77. The minimum atomic E-state index is 0.404. The maximum absolute atomic E-state index is 9.76. The van der Waals surface area contributed by atoms with Crippen LogP contribution in [0.15, 0.2) is 18.2 Å². The van der Waals surface area contributed by atoms with Crippen molar-refractivity contribution in [1.29, 1.82) is 0 Å². The van der Waals surface area contributed by atoms with Crippen LogP contribution in [0, 0.1) is 0 Å². The molecule has 0 aliphatic carbocycles. The van der Waals surface area contributed by atoms with Gasteiger partial charge in [0.25, 0.3) is 0 Å². The third-order valence-corrected chi connectivity index (χ3v) is 2.83. The van der Waals surface area contributed by atoms with Gasteiger partial charge in [0, 0.05) is 24.8 Å². The van der Waals surface area contributed by atoms with Crippen LogP contribution >= 0.6 is 0 Å². The highest BCUT2D eigenvalue weighted by molar-refractivity contribution is 5.53. The summed E-state index contributed by atoms with van der Waals surface area (Å²) < 4.78 is 5.29.